The Morgan fingerprint density at radius 1 is 1.19 bits per heavy atom. The molecular formula is C19H13Cl2F3N2O4S. The zero-order valence-corrected chi connectivity index (χ0v) is 17.9. The standard InChI is InChI=1S/C19H13Cl2F3N2O4S/c1-2-13(17(28)29)26-14-4-3-12(30-19(22,23)24)8-15(14)31-18(26)25-16(27)9-5-10(20)7-11(21)6-9/h3-8,13H,2H2,1H3,(H,28,29). The topological polar surface area (TPSA) is 80.9 Å². The summed E-state index contributed by atoms with van der Waals surface area (Å²) >= 11 is 12.7. The molecule has 164 valence electrons. The molecule has 6 nitrogen and oxygen atoms in total. The molecule has 1 aromatic heterocycles. The molecule has 1 amide bonds. The average Bonchev–Trinajstić information content (AvgIpc) is 2.97. The van der Waals surface area contributed by atoms with Crippen LogP contribution in [-0.2, 0) is 4.79 Å². The number of carboxylic acids is 1. The van der Waals surface area contributed by atoms with Crippen molar-refractivity contribution in [3.63, 3.8) is 0 Å². The van der Waals surface area contributed by atoms with Crippen molar-refractivity contribution in [1.29, 1.82) is 0 Å². The molecule has 0 fully saturated rings. The maximum Gasteiger partial charge on any atom is 0.573 e. The number of thiazole rings is 1. The molecule has 0 radical (unpaired) electrons. The zero-order chi connectivity index (χ0) is 22.9. The Morgan fingerprint density at radius 3 is 2.39 bits per heavy atom. The van der Waals surface area contributed by atoms with Crippen molar-refractivity contribution in [1.82, 2.24) is 4.57 Å². The minimum Gasteiger partial charge on any atom is -0.480 e. The number of amides is 1. The predicted molar refractivity (Wildman–Crippen MR) is 110 cm³/mol. The van der Waals surface area contributed by atoms with Crippen molar-refractivity contribution >= 4 is 56.6 Å². The summed E-state index contributed by atoms with van der Waals surface area (Å²) in [5, 5.41) is 10.0. The summed E-state index contributed by atoms with van der Waals surface area (Å²) in [6, 6.07) is 6.49. The predicted octanol–water partition coefficient (Wildman–Crippen LogP) is 5.69. The number of carbonyl (C=O) groups is 2. The molecule has 3 rings (SSSR count). The molecule has 1 atom stereocenters. The lowest BCUT2D eigenvalue weighted by Gasteiger charge is -2.14. The van der Waals surface area contributed by atoms with Crippen LogP contribution in [0.25, 0.3) is 10.2 Å². The van der Waals surface area contributed by atoms with Gasteiger partial charge in [0.1, 0.15) is 11.8 Å². The highest BCUT2D eigenvalue weighted by Gasteiger charge is 2.31. The van der Waals surface area contributed by atoms with Gasteiger partial charge in [0.25, 0.3) is 5.91 Å². The molecule has 31 heavy (non-hydrogen) atoms. The number of rotatable bonds is 5. The second-order valence-electron chi connectivity index (χ2n) is 6.27. The van der Waals surface area contributed by atoms with Crippen LogP contribution in [0.1, 0.15) is 29.7 Å². The third-order valence-corrected chi connectivity index (χ3v) is 5.58. The molecule has 0 saturated carbocycles. The van der Waals surface area contributed by atoms with Crippen LogP contribution in [0, 0.1) is 0 Å². The smallest absolute Gasteiger partial charge is 0.480 e. The molecule has 1 N–H and O–H groups in total. The van der Waals surface area contributed by atoms with Gasteiger partial charge in [-0.15, -0.1) is 13.2 Å². The maximum absolute atomic E-state index is 12.7. The van der Waals surface area contributed by atoms with E-state index in [9.17, 15) is 27.9 Å². The monoisotopic (exact) mass is 492 g/mol. The number of aromatic nitrogens is 1. The van der Waals surface area contributed by atoms with Crippen LogP contribution in [0.15, 0.2) is 41.4 Å². The fourth-order valence-corrected chi connectivity index (χ4v) is 4.52. The Kier molecular flexibility index (Phi) is 6.63. The zero-order valence-electron chi connectivity index (χ0n) is 15.6. The van der Waals surface area contributed by atoms with E-state index in [1.165, 1.54) is 28.8 Å². The first-order valence-electron chi connectivity index (χ1n) is 8.67. The van der Waals surface area contributed by atoms with E-state index in [-0.39, 0.29) is 31.5 Å². The van der Waals surface area contributed by atoms with Crippen molar-refractivity contribution in [2.24, 2.45) is 4.99 Å². The summed E-state index contributed by atoms with van der Waals surface area (Å²) in [7, 11) is 0. The molecule has 1 heterocycles. The lowest BCUT2D eigenvalue weighted by Crippen LogP contribution is -2.27. The van der Waals surface area contributed by atoms with Gasteiger partial charge in [0.15, 0.2) is 4.80 Å². The van der Waals surface area contributed by atoms with E-state index in [2.05, 4.69) is 9.73 Å². The summed E-state index contributed by atoms with van der Waals surface area (Å²) < 4.78 is 43.1. The molecule has 0 aliphatic rings. The first-order valence-corrected chi connectivity index (χ1v) is 10.2. The number of carbonyl (C=O) groups excluding carboxylic acids is 1. The Hall–Kier alpha value is -2.56. The Labute approximate surface area is 187 Å². The third kappa shape index (κ3) is 5.38. The molecule has 1 unspecified atom stereocenters. The second-order valence-corrected chi connectivity index (χ2v) is 8.15. The van der Waals surface area contributed by atoms with Gasteiger partial charge >= 0.3 is 12.3 Å². The van der Waals surface area contributed by atoms with Gasteiger partial charge in [0.05, 0.1) is 10.2 Å². The summed E-state index contributed by atoms with van der Waals surface area (Å²) in [6.07, 6.45) is -4.74. The van der Waals surface area contributed by atoms with Crippen molar-refractivity contribution in [2.75, 3.05) is 0 Å². The van der Waals surface area contributed by atoms with Crippen LogP contribution in [0.5, 0.6) is 5.75 Å². The van der Waals surface area contributed by atoms with Gasteiger partial charge in [-0.2, -0.15) is 4.99 Å². The van der Waals surface area contributed by atoms with E-state index in [1.54, 1.807) is 6.92 Å². The van der Waals surface area contributed by atoms with Gasteiger partial charge in [-0.25, -0.2) is 4.79 Å². The van der Waals surface area contributed by atoms with Crippen LogP contribution in [0.2, 0.25) is 10.0 Å². The minimum absolute atomic E-state index is 0.00509. The molecule has 0 aliphatic carbocycles. The normalized spacial score (nSPS) is 13.4. The fourth-order valence-electron chi connectivity index (χ4n) is 2.90. The van der Waals surface area contributed by atoms with Gasteiger partial charge in [-0.3, -0.25) is 4.79 Å². The SMILES string of the molecule is CCC(C(=O)O)n1c(=NC(=O)c2cc(Cl)cc(Cl)c2)sc2cc(OC(F)(F)F)ccc21. The third-order valence-electron chi connectivity index (χ3n) is 4.12. The van der Waals surface area contributed by atoms with Crippen LogP contribution >= 0.6 is 34.5 Å². The number of nitrogens with zero attached hydrogens (tertiary/aromatic N) is 2. The van der Waals surface area contributed by atoms with E-state index in [4.69, 9.17) is 23.2 Å². The largest absolute Gasteiger partial charge is 0.573 e. The second kappa shape index (κ2) is 8.89. The first kappa shape index (κ1) is 23.1. The Balaban J connectivity index is 2.21. The molecule has 0 spiro atoms. The van der Waals surface area contributed by atoms with Gasteiger partial charge in [-0.05, 0) is 42.8 Å². The fraction of sp³-hybridized carbons (Fsp3) is 0.211. The number of halogens is 5. The number of ether oxygens (including phenoxy) is 1. The number of alkyl halides is 3. The first-order chi connectivity index (χ1) is 14.5. The number of hydrogen-bond acceptors (Lipinski definition) is 4. The number of aliphatic carboxylic acids is 1. The summed E-state index contributed by atoms with van der Waals surface area (Å²) in [5.74, 6) is -2.40. The van der Waals surface area contributed by atoms with Crippen molar-refractivity contribution < 1.29 is 32.6 Å². The van der Waals surface area contributed by atoms with Gasteiger partial charge in [0, 0.05) is 15.6 Å². The highest BCUT2D eigenvalue weighted by molar-refractivity contribution is 7.16. The Bertz CT molecular complexity index is 1220. The molecule has 0 bridgehead atoms. The molecule has 3 aromatic rings. The van der Waals surface area contributed by atoms with Crippen LogP contribution in [0.4, 0.5) is 13.2 Å². The van der Waals surface area contributed by atoms with Crippen LogP contribution in [0.3, 0.4) is 0 Å². The van der Waals surface area contributed by atoms with E-state index < -0.39 is 30.0 Å². The van der Waals surface area contributed by atoms with Crippen molar-refractivity contribution in [3.8, 4) is 5.75 Å². The van der Waals surface area contributed by atoms with E-state index in [1.807, 2.05) is 0 Å². The van der Waals surface area contributed by atoms with Gasteiger partial charge < -0.3 is 14.4 Å². The maximum atomic E-state index is 12.7. The summed E-state index contributed by atoms with van der Waals surface area (Å²) in [4.78, 5) is 28.4. The lowest BCUT2D eigenvalue weighted by molar-refractivity contribution is -0.274. The van der Waals surface area contributed by atoms with Crippen LogP contribution in [-0.4, -0.2) is 27.9 Å². The molecule has 2 aromatic carbocycles. The molecule has 0 aliphatic heterocycles. The average molecular weight is 493 g/mol. The molecular weight excluding hydrogens is 480 g/mol. The number of hydrogen-bond donors (Lipinski definition) is 1. The van der Waals surface area contributed by atoms with E-state index in [0.29, 0.717) is 5.52 Å². The quantitative estimate of drug-likeness (QED) is 0.496. The number of fused-ring (bicyclic) bond motifs is 1. The minimum atomic E-state index is -4.89. The number of carboxylic acid groups (broad SMARTS) is 1. The van der Waals surface area contributed by atoms with Gasteiger partial charge in [-0.1, -0.05) is 41.5 Å². The lowest BCUT2D eigenvalue weighted by atomic mass is 10.2. The van der Waals surface area contributed by atoms with E-state index in [0.717, 1.165) is 23.5 Å². The van der Waals surface area contributed by atoms with Crippen LogP contribution < -0.4 is 9.54 Å². The summed E-state index contributed by atoms with van der Waals surface area (Å²) in [5.41, 5.74) is 0.371. The number of benzene rings is 2. The van der Waals surface area contributed by atoms with Crippen molar-refractivity contribution in [2.45, 2.75) is 25.7 Å². The van der Waals surface area contributed by atoms with E-state index >= 15 is 0 Å². The molecule has 0 saturated heterocycles. The molecule has 12 heteroatoms. The van der Waals surface area contributed by atoms with Gasteiger partial charge in [0.2, 0.25) is 0 Å². The highest BCUT2D eigenvalue weighted by Crippen LogP contribution is 2.30. The Morgan fingerprint density at radius 2 is 1.84 bits per heavy atom. The highest BCUT2D eigenvalue weighted by atomic mass is 35.5. The summed E-state index contributed by atoms with van der Waals surface area (Å²) in [6.45, 7) is 1.62. The van der Waals surface area contributed by atoms with Crippen molar-refractivity contribution in [3.05, 3.63) is 56.8 Å².